The van der Waals surface area contributed by atoms with Gasteiger partial charge in [-0.1, -0.05) is 0 Å². The molecule has 0 saturated heterocycles. The van der Waals surface area contributed by atoms with Gasteiger partial charge in [0.15, 0.2) is 0 Å². The van der Waals surface area contributed by atoms with Crippen molar-refractivity contribution in [1.82, 2.24) is 5.06 Å². The van der Waals surface area contributed by atoms with Crippen LogP contribution in [0.15, 0.2) is 11.8 Å². The van der Waals surface area contributed by atoms with E-state index in [1.807, 2.05) is 0 Å². The van der Waals surface area contributed by atoms with Crippen molar-refractivity contribution in [3.05, 3.63) is 11.8 Å². The van der Waals surface area contributed by atoms with Gasteiger partial charge in [-0.15, -0.1) is 10.3 Å². The van der Waals surface area contributed by atoms with Crippen LogP contribution in [0.3, 0.4) is 0 Å². The Kier molecular flexibility index (Phi) is 1.55. The summed E-state index contributed by atoms with van der Waals surface area (Å²) in [7, 11) is 0. The highest BCUT2D eigenvalue weighted by molar-refractivity contribution is 5.23. The van der Waals surface area contributed by atoms with Gasteiger partial charge < -0.3 is 5.11 Å². The third kappa shape index (κ3) is 1.04. The lowest BCUT2D eigenvalue weighted by atomic mass is 10.1. The molecule has 1 radical (unpaired) electrons. The Hall–Kier alpha value is -0.540. The molecule has 0 atom stereocenters. The Bertz CT molecular complexity index is 206. The van der Waals surface area contributed by atoms with Crippen LogP contribution in [0.1, 0.15) is 27.7 Å². The minimum Gasteiger partial charge on any atom is -0.511 e. The summed E-state index contributed by atoms with van der Waals surface area (Å²) in [5.74, 6) is 0.164. The van der Waals surface area contributed by atoms with Gasteiger partial charge >= 0.3 is 0 Å². The minimum atomic E-state index is -0.760. The van der Waals surface area contributed by atoms with Crippen LogP contribution in [0.25, 0.3) is 0 Å². The molecule has 1 heterocycles. The standard InChI is InChI=1S/C8H14NO2/c1-7(2)5-6(10)8(3,4)9(7)11/h5,10H,1-4H3. The molecule has 0 aromatic heterocycles. The molecule has 0 saturated carbocycles. The van der Waals surface area contributed by atoms with Gasteiger partial charge in [0, 0.05) is 0 Å². The lowest BCUT2D eigenvalue weighted by Gasteiger charge is -2.31. The number of aliphatic hydroxyl groups is 1. The monoisotopic (exact) mass is 156 g/mol. The van der Waals surface area contributed by atoms with E-state index < -0.39 is 11.1 Å². The van der Waals surface area contributed by atoms with Crippen LogP contribution in [0, 0.1) is 0 Å². The first kappa shape index (κ1) is 8.56. The van der Waals surface area contributed by atoms with Crippen LogP contribution < -0.4 is 0 Å². The highest BCUT2D eigenvalue weighted by atomic mass is 16.5. The lowest BCUT2D eigenvalue weighted by molar-refractivity contribution is -0.242. The molecule has 0 unspecified atom stereocenters. The first-order chi connectivity index (χ1) is 4.78. The van der Waals surface area contributed by atoms with Crippen LogP contribution in [-0.2, 0) is 5.21 Å². The average Bonchev–Trinajstić information content (AvgIpc) is 1.94. The predicted molar refractivity (Wildman–Crippen MR) is 41.4 cm³/mol. The van der Waals surface area contributed by atoms with Gasteiger partial charge in [0.05, 0.1) is 5.54 Å². The van der Waals surface area contributed by atoms with Crippen LogP contribution in [0.2, 0.25) is 0 Å². The van der Waals surface area contributed by atoms with Crippen molar-refractivity contribution in [2.24, 2.45) is 0 Å². The molecule has 1 aliphatic heterocycles. The normalized spacial score (nSPS) is 28.6. The number of rotatable bonds is 0. The minimum absolute atomic E-state index is 0.164. The highest BCUT2D eigenvalue weighted by Crippen LogP contribution is 2.36. The van der Waals surface area contributed by atoms with E-state index in [1.165, 1.54) is 0 Å². The van der Waals surface area contributed by atoms with E-state index in [2.05, 4.69) is 0 Å². The van der Waals surface area contributed by atoms with Gasteiger partial charge in [0.2, 0.25) is 0 Å². The van der Waals surface area contributed by atoms with E-state index >= 15 is 0 Å². The summed E-state index contributed by atoms with van der Waals surface area (Å²) < 4.78 is 0. The molecule has 63 valence electrons. The molecular formula is C8H14NO2. The maximum absolute atomic E-state index is 11.5. The van der Waals surface area contributed by atoms with Crippen LogP contribution in [0.4, 0.5) is 0 Å². The van der Waals surface area contributed by atoms with Gasteiger partial charge in [-0.25, -0.2) is 0 Å². The third-order valence-corrected chi connectivity index (χ3v) is 2.15. The maximum Gasteiger partial charge on any atom is 0.112 e. The second-order valence-corrected chi connectivity index (χ2v) is 4.04. The smallest absolute Gasteiger partial charge is 0.112 e. The van der Waals surface area contributed by atoms with E-state index in [-0.39, 0.29) is 5.76 Å². The predicted octanol–water partition coefficient (Wildman–Crippen LogP) is 1.65. The molecule has 3 heteroatoms. The molecule has 0 amide bonds. The zero-order valence-electron chi connectivity index (χ0n) is 7.38. The number of nitrogens with zero attached hydrogens (tertiary/aromatic N) is 1. The fourth-order valence-corrected chi connectivity index (χ4v) is 1.39. The molecule has 0 spiro atoms. The van der Waals surface area contributed by atoms with Gasteiger partial charge in [0.25, 0.3) is 0 Å². The number of hydroxylamine groups is 2. The summed E-state index contributed by atoms with van der Waals surface area (Å²) in [4.78, 5) is 0. The molecule has 1 aliphatic rings. The molecule has 0 aromatic carbocycles. The number of aliphatic hydroxyl groups excluding tert-OH is 1. The van der Waals surface area contributed by atoms with Gasteiger partial charge in [-0.05, 0) is 33.8 Å². The zero-order chi connectivity index (χ0) is 8.86. The quantitative estimate of drug-likeness (QED) is 0.579. The van der Waals surface area contributed by atoms with Crippen molar-refractivity contribution in [1.29, 1.82) is 0 Å². The summed E-state index contributed by atoms with van der Waals surface area (Å²) in [6.45, 7) is 6.98. The largest absolute Gasteiger partial charge is 0.511 e. The average molecular weight is 156 g/mol. The molecule has 11 heavy (non-hydrogen) atoms. The molecular weight excluding hydrogens is 142 g/mol. The van der Waals surface area contributed by atoms with E-state index in [0.29, 0.717) is 0 Å². The van der Waals surface area contributed by atoms with E-state index in [0.717, 1.165) is 5.06 Å². The van der Waals surface area contributed by atoms with E-state index in [4.69, 9.17) is 0 Å². The van der Waals surface area contributed by atoms with Crippen LogP contribution in [0.5, 0.6) is 0 Å². The first-order valence-corrected chi connectivity index (χ1v) is 3.68. The molecule has 1 rings (SSSR count). The van der Waals surface area contributed by atoms with Crippen molar-refractivity contribution in [3.8, 4) is 0 Å². The molecule has 3 nitrogen and oxygen atoms in total. The second-order valence-electron chi connectivity index (χ2n) is 4.04. The SMILES string of the molecule is CC1(C)C=C(O)C(C)(C)N1[O]. The second kappa shape index (κ2) is 1.99. The van der Waals surface area contributed by atoms with Crippen LogP contribution in [-0.4, -0.2) is 21.2 Å². The summed E-state index contributed by atoms with van der Waals surface area (Å²) in [5.41, 5.74) is -1.34. The van der Waals surface area contributed by atoms with Crippen molar-refractivity contribution < 1.29 is 10.3 Å². The Morgan fingerprint density at radius 1 is 1.36 bits per heavy atom. The van der Waals surface area contributed by atoms with Crippen LogP contribution >= 0.6 is 0 Å². The Labute approximate surface area is 66.9 Å². The fraction of sp³-hybridized carbons (Fsp3) is 0.750. The molecule has 1 N–H and O–H groups in total. The fourth-order valence-electron chi connectivity index (χ4n) is 1.39. The summed E-state index contributed by atoms with van der Waals surface area (Å²) in [6.07, 6.45) is 1.60. The highest BCUT2D eigenvalue weighted by Gasteiger charge is 2.46. The molecule has 0 fully saturated rings. The van der Waals surface area contributed by atoms with E-state index in [9.17, 15) is 10.3 Å². The summed E-state index contributed by atoms with van der Waals surface area (Å²) >= 11 is 0. The lowest BCUT2D eigenvalue weighted by Crippen LogP contribution is -2.46. The topological polar surface area (TPSA) is 43.4 Å². The van der Waals surface area contributed by atoms with E-state index in [1.54, 1.807) is 33.8 Å². The number of hydrogen-bond acceptors (Lipinski definition) is 2. The van der Waals surface area contributed by atoms with Gasteiger partial charge in [-0.3, -0.25) is 0 Å². The Morgan fingerprint density at radius 3 is 1.91 bits per heavy atom. The Balaban J connectivity index is 3.04. The van der Waals surface area contributed by atoms with Gasteiger partial charge in [0.1, 0.15) is 11.3 Å². The molecule has 0 aromatic rings. The van der Waals surface area contributed by atoms with Crippen molar-refractivity contribution >= 4 is 0 Å². The molecule has 0 bridgehead atoms. The Morgan fingerprint density at radius 2 is 1.82 bits per heavy atom. The van der Waals surface area contributed by atoms with Crippen molar-refractivity contribution in [2.45, 2.75) is 38.8 Å². The number of hydrogen-bond donors (Lipinski definition) is 1. The van der Waals surface area contributed by atoms with Crippen molar-refractivity contribution in [2.75, 3.05) is 0 Å². The van der Waals surface area contributed by atoms with Crippen molar-refractivity contribution in [3.63, 3.8) is 0 Å². The zero-order valence-corrected chi connectivity index (χ0v) is 7.38. The summed E-state index contributed by atoms with van der Waals surface area (Å²) in [5, 5.41) is 21.8. The molecule has 0 aliphatic carbocycles. The summed E-state index contributed by atoms with van der Waals surface area (Å²) in [6, 6.07) is 0. The maximum atomic E-state index is 11.5. The third-order valence-electron chi connectivity index (χ3n) is 2.15. The van der Waals surface area contributed by atoms with Gasteiger partial charge in [-0.2, -0.15) is 0 Å². The first-order valence-electron chi connectivity index (χ1n) is 3.68.